The van der Waals surface area contributed by atoms with Gasteiger partial charge in [-0.15, -0.1) is 12.4 Å². The Kier molecular flexibility index (Phi) is 8.50. The summed E-state index contributed by atoms with van der Waals surface area (Å²) in [4.78, 5) is 14.0. The maximum atomic E-state index is 12.5. The fraction of sp³-hybridized carbons (Fsp3) is 0.611. The number of carbonyl (C=O) groups is 1. The van der Waals surface area contributed by atoms with Crippen molar-refractivity contribution >= 4 is 28.3 Å². The molecule has 2 fully saturated rings. The van der Waals surface area contributed by atoms with Crippen LogP contribution in [-0.2, 0) is 25.3 Å². The number of amides is 1. The van der Waals surface area contributed by atoms with Crippen molar-refractivity contribution in [2.75, 3.05) is 45.9 Å². The third kappa shape index (κ3) is 6.43. The van der Waals surface area contributed by atoms with Crippen LogP contribution in [0.5, 0.6) is 0 Å². The van der Waals surface area contributed by atoms with E-state index in [0.717, 1.165) is 25.0 Å². The first kappa shape index (κ1) is 22.1. The van der Waals surface area contributed by atoms with Crippen molar-refractivity contribution in [3.63, 3.8) is 0 Å². The highest BCUT2D eigenvalue weighted by Crippen LogP contribution is 2.14. The summed E-state index contributed by atoms with van der Waals surface area (Å²) >= 11 is 0. The molecule has 9 heteroatoms. The first-order valence-corrected chi connectivity index (χ1v) is 10.8. The molecule has 2 aliphatic heterocycles. The molecule has 1 amide bonds. The molecule has 0 saturated carbocycles. The van der Waals surface area contributed by atoms with Crippen LogP contribution in [0, 0.1) is 0 Å². The molecule has 1 unspecified atom stereocenters. The average Bonchev–Trinajstić information content (AvgIpc) is 3.16. The Balaban J connectivity index is 0.00000261. The molecule has 1 N–H and O–H groups in total. The molecule has 2 saturated heterocycles. The van der Waals surface area contributed by atoms with Gasteiger partial charge in [0.05, 0.1) is 18.4 Å². The van der Waals surface area contributed by atoms with Crippen LogP contribution < -0.4 is 5.32 Å². The zero-order chi connectivity index (χ0) is 18.4. The van der Waals surface area contributed by atoms with Gasteiger partial charge in [-0.05, 0) is 18.4 Å². The molecule has 0 spiro atoms. The molecule has 1 atom stereocenters. The third-order valence-corrected chi connectivity index (χ3v) is 6.70. The van der Waals surface area contributed by atoms with Crippen LogP contribution in [0.3, 0.4) is 0 Å². The maximum absolute atomic E-state index is 12.5. The average molecular weight is 418 g/mol. The maximum Gasteiger partial charge on any atom is 0.236 e. The highest BCUT2D eigenvalue weighted by molar-refractivity contribution is 7.88. The Labute approximate surface area is 167 Å². The van der Waals surface area contributed by atoms with Crippen molar-refractivity contribution in [3.8, 4) is 0 Å². The number of hydrogen-bond donors (Lipinski definition) is 1. The largest absolute Gasteiger partial charge is 0.377 e. The van der Waals surface area contributed by atoms with Gasteiger partial charge < -0.3 is 15.0 Å². The Hall–Kier alpha value is -1.19. The van der Waals surface area contributed by atoms with Gasteiger partial charge in [-0.3, -0.25) is 4.79 Å². The highest BCUT2D eigenvalue weighted by atomic mass is 35.5. The quantitative estimate of drug-likeness (QED) is 0.711. The Morgan fingerprint density at radius 2 is 1.85 bits per heavy atom. The van der Waals surface area contributed by atoms with Gasteiger partial charge in [0, 0.05) is 39.3 Å². The topological polar surface area (TPSA) is 79.0 Å². The second-order valence-corrected chi connectivity index (χ2v) is 8.76. The van der Waals surface area contributed by atoms with Crippen LogP contribution in [0.25, 0.3) is 0 Å². The Morgan fingerprint density at radius 3 is 2.48 bits per heavy atom. The van der Waals surface area contributed by atoms with Crippen LogP contribution in [0.2, 0.25) is 0 Å². The highest BCUT2D eigenvalue weighted by Gasteiger charge is 2.28. The summed E-state index contributed by atoms with van der Waals surface area (Å²) in [6.07, 6.45) is 2.33. The minimum atomic E-state index is -3.35. The second-order valence-electron chi connectivity index (χ2n) is 6.79. The van der Waals surface area contributed by atoms with E-state index in [1.807, 2.05) is 30.3 Å². The lowest BCUT2D eigenvalue weighted by Crippen LogP contribution is -2.52. The van der Waals surface area contributed by atoms with Crippen LogP contribution in [0.4, 0.5) is 0 Å². The zero-order valence-corrected chi connectivity index (χ0v) is 17.0. The molecule has 7 nitrogen and oxygen atoms in total. The molecule has 0 radical (unpaired) electrons. The monoisotopic (exact) mass is 417 g/mol. The van der Waals surface area contributed by atoms with Crippen molar-refractivity contribution in [1.29, 1.82) is 0 Å². The summed E-state index contributed by atoms with van der Waals surface area (Å²) < 4.78 is 32.1. The molecule has 27 heavy (non-hydrogen) atoms. The number of rotatable bonds is 7. The second kappa shape index (κ2) is 10.4. The summed E-state index contributed by atoms with van der Waals surface area (Å²) in [7, 11) is -3.35. The molecule has 3 rings (SSSR count). The van der Waals surface area contributed by atoms with Crippen LogP contribution in [0.15, 0.2) is 30.3 Å². The van der Waals surface area contributed by atoms with E-state index >= 15 is 0 Å². The normalized spacial score (nSPS) is 21.0. The van der Waals surface area contributed by atoms with Gasteiger partial charge in [-0.1, -0.05) is 30.3 Å². The van der Waals surface area contributed by atoms with E-state index in [-0.39, 0.29) is 36.7 Å². The SMILES string of the molecule is Cl.O=C(CNCC1CCCO1)N1CCN(S(=O)(=O)Cc2ccccc2)CC1. The van der Waals surface area contributed by atoms with Crippen molar-refractivity contribution in [2.45, 2.75) is 24.7 Å². The molecule has 0 aliphatic carbocycles. The van der Waals surface area contributed by atoms with Gasteiger partial charge in [-0.25, -0.2) is 8.42 Å². The Morgan fingerprint density at radius 1 is 1.15 bits per heavy atom. The first-order chi connectivity index (χ1) is 12.5. The van der Waals surface area contributed by atoms with Gasteiger partial charge in [0.1, 0.15) is 0 Å². The molecular weight excluding hydrogens is 390 g/mol. The fourth-order valence-electron chi connectivity index (χ4n) is 3.35. The number of nitrogens with zero attached hydrogens (tertiary/aromatic N) is 2. The minimum absolute atomic E-state index is 0. The van der Waals surface area contributed by atoms with Crippen LogP contribution in [0.1, 0.15) is 18.4 Å². The van der Waals surface area contributed by atoms with E-state index in [1.54, 1.807) is 4.90 Å². The summed E-state index contributed by atoms with van der Waals surface area (Å²) in [6, 6.07) is 9.18. The zero-order valence-electron chi connectivity index (χ0n) is 15.4. The van der Waals surface area contributed by atoms with E-state index in [4.69, 9.17) is 4.74 Å². The molecule has 152 valence electrons. The molecule has 2 heterocycles. The fourth-order valence-corrected chi connectivity index (χ4v) is 4.86. The lowest BCUT2D eigenvalue weighted by molar-refractivity contribution is -0.131. The summed E-state index contributed by atoms with van der Waals surface area (Å²) in [5.41, 5.74) is 0.782. The Bertz CT molecular complexity index is 688. The minimum Gasteiger partial charge on any atom is -0.377 e. The molecule has 0 bridgehead atoms. The number of nitrogens with one attached hydrogen (secondary N) is 1. The lowest BCUT2D eigenvalue weighted by atomic mass is 10.2. The summed E-state index contributed by atoms with van der Waals surface area (Å²) in [5.74, 6) is 0.0215. The van der Waals surface area contributed by atoms with Crippen LogP contribution >= 0.6 is 12.4 Å². The summed E-state index contributed by atoms with van der Waals surface area (Å²) in [6.45, 7) is 3.36. The number of carbonyl (C=O) groups excluding carboxylic acids is 1. The first-order valence-electron chi connectivity index (χ1n) is 9.16. The van der Waals surface area contributed by atoms with Gasteiger partial charge in [0.25, 0.3) is 0 Å². The number of halogens is 1. The predicted molar refractivity (Wildman–Crippen MR) is 106 cm³/mol. The standard InChI is InChI=1S/C18H27N3O4S.ClH/c22-18(14-19-13-17-7-4-12-25-17)20-8-10-21(11-9-20)26(23,24)15-16-5-2-1-3-6-16;/h1-3,5-6,17,19H,4,7-15H2;1H. The van der Waals surface area contributed by atoms with E-state index in [2.05, 4.69) is 5.32 Å². The van der Waals surface area contributed by atoms with E-state index in [1.165, 1.54) is 4.31 Å². The predicted octanol–water partition coefficient (Wildman–Crippen LogP) is 0.851. The van der Waals surface area contributed by atoms with E-state index in [9.17, 15) is 13.2 Å². The van der Waals surface area contributed by atoms with Gasteiger partial charge in [-0.2, -0.15) is 4.31 Å². The lowest BCUT2D eigenvalue weighted by Gasteiger charge is -2.34. The number of sulfonamides is 1. The summed E-state index contributed by atoms with van der Waals surface area (Å²) in [5, 5.41) is 3.15. The molecule has 2 aliphatic rings. The molecule has 1 aromatic carbocycles. The van der Waals surface area contributed by atoms with Crippen molar-refractivity contribution in [2.24, 2.45) is 0 Å². The number of benzene rings is 1. The number of ether oxygens (including phenoxy) is 1. The van der Waals surface area contributed by atoms with Gasteiger partial charge in [0.15, 0.2) is 0 Å². The number of hydrogen-bond acceptors (Lipinski definition) is 5. The van der Waals surface area contributed by atoms with Crippen molar-refractivity contribution in [1.82, 2.24) is 14.5 Å². The smallest absolute Gasteiger partial charge is 0.236 e. The number of piperazine rings is 1. The molecular formula is C18H28ClN3O4S. The molecule has 0 aromatic heterocycles. The molecule has 1 aromatic rings. The van der Waals surface area contributed by atoms with Gasteiger partial charge >= 0.3 is 0 Å². The van der Waals surface area contributed by atoms with Crippen LogP contribution in [-0.4, -0.2) is 75.5 Å². The third-order valence-electron chi connectivity index (χ3n) is 4.85. The van der Waals surface area contributed by atoms with Gasteiger partial charge in [0.2, 0.25) is 15.9 Å². The van der Waals surface area contributed by atoms with E-state index in [0.29, 0.717) is 32.7 Å². The van der Waals surface area contributed by atoms with Crippen molar-refractivity contribution < 1.29 is 17.9 Å². The van der Waals surface area contributed by atoms with Crippen molar-refractivity contribution in [3.05, 3.63) is 35.9 Å². The van der Waals surface area contributed by atoms with E-state index < -0.39 is 10.0 Å².